The van der Waals surface area contributed by atoms with Crippen LogP contribution in [0.5, 0.6) is 0 Å². The first-order valence-corrected chi connectivity index (χ1v) is 9.04. The van der Waals surface area contributed by atoms with Gasteiger partial charge >= 0.3 is 6.18 Å². The van der Waals surface area contributed by atoms with Crippen molar-refractivity contribution < 1.29 is 13.2 Å². The van der Waals surface area contributed by atoms with Gasteiger partial charge in [0.1, 0.15) is 0 Å². The molecule has 2 aromatic heterocycles. The van der Waals surface area contributed by atoms with Crippen LogP contribution >= 0.6 is 0 Å². The standard InChI is InChI=1S/C21H18F3N3O/c1-2-6-16-12-19(28)27-18-10-4-3-9-17(18)26(20(27)25-16)13-14-7-5-8-15(11-14)21(22,23)24/h3-5,7-12H,2,6,13H2,1H3. The van der Waals surface area contributed by atoms with Crippen LogP contribution in [0.1, 0.15) is 30.2 Å². The number of alkyl halides is 3. The smallest absolute Gasteiger partial charge is 0.305 e. The van der Waals surface area contributed by atoms with Gasteiger partial charge in [0.2, 0.25) is 5.78 Å². The molecule has 4 nitrogen and oxygen atoms in total. The largest absolute Gasteiger partial charge is 0.416 e. The maximum atomic E-state index is 13.1. The Hall–Kier alpha value is -3.09. The first kappa shape index (κ1) is 18.3. The number of rotatable bonds is 4. The Balaban J connectivity index is 1.94. The Kier molecular flexibility index (Phi) is 4.45. The van der Waals surface area contributed by atoms with Crippen LogP contribution < -0.4 is 5.56 Å². The van der Waals surface area contributed by atoms with Crippen molar-refractivity contribution in [2.75, 3.05) is 0 Å². The summed E-state index contributed by atoms with van der Waals surface area (Å²) < 4.78 is 42.5. The van der Waals surface area contributed by atoms with Crippen LogP contribution in [-0.4, -0.2) is 14.0 Å². The average molecular weight is 385 g/mol. The van der Waals surface area contributed by atoms with Crippen LogP contribution in [0.15, 0.2) is 59.4 Å². The Labute approximate surface area is 158 Å². The van der Waals surface area contributed by atoms with Gasteiger partial charge in [-0.05, 0) is 36.2 Å². The molecule has 0 amide bonds. The normalized spacial score (nSPS) is 12.1. The van der Waals surface area contributed by atoms with E-state index in [0.29, 0.717) is 29.0 Å². The first-order chi connectivity index (χ1) is 13.4. The molecule has 28 heavy (non-hydrogen) atoms. The van der Waals surface area contributed by atoms with E-state index in [1.54, 1.807) is 10.6 Å². The van der Waals surface area contributed by atoms with Gasteiger partial charge in [0.05, 0.1) is 23.1 Å². The molecular formula is C21H18F3N3O. The van der Waals surface area contributed by atoms with Crippen LogP contribution in [0.2, 0.25) is 0 Å². The van der Waals surface area contributed by atoms with E-state index in [1.807, 2.05) is 31.2 Å². The van der Waals surface area contributed by atoms with E-state index < -0.39 is 11.7 Å². The lowest BCUT2D eigenvalue weighted by Gasteiger charge is -2.10. The van der Waals surface area contributed by atoms with E-state index in [4.69, 9.17) is 0 Å². The number of benzene rings is 2. The molecule has 0 saturated carbocycles. The van der Waals surface area contributed by atoms with Gasteiger partial charge in [-0.2, -0.15) is 13.2 Å². The van der Waals surface area contributed by atoms with Crippen molar-refractivity contribution >= 4 is 16.8 Å². The minimum Gasteiger partial charge on any atom is -0.305 e. The highest BCUT2D eigenvalue weighted by atomic mass is 19.4. The number of hydrogen-bond donors (Lipinski definition) is 0. The van der Waals surface area contributed by atoms with Crippen LogP contribution in [0.4, 0.5) is 13.2 Å². The third-order valence-corrected chi connectivity index (χ3v) is 4.71. The second-order valence-electron chi connectivity index (χ2n) is 6.74. The molecule has 0 N–H and O–H groups in total. The van der Waals surface area contributed by atoms with E-state index in [9.17, 15) is 18.0 Å². The van der Waals surface area contributed by atoms with Gasteiger partial charge in [0, 0.05) is 11.8 Å². The average Bonchev–Trinajstić information content (AvgIpc) is 2.96. The van der Waals surface area contributed by atoms with Crippen LogP contribution in [-0.2, 0) is 19.1 Å². The zero-order valence-corrected chi connectivity index (χ0v) is 15.2. The molecule has 0 unspecified atom stereocenters. The molecular weight excluding hydrogens is 367 g/mol. The summed E-state index contributed by atoms with van der Waals surface area (Å²) in [5.41, 5.74) is 1.73. The second kappa shape index (κ2) is 6.82. The molecule has 144 valence electrons. The molecule has 7 heteroatoms. The van der Waals surface area contributed by atoms with Crippen molar-refractivity contribution in [2.45, 2.75) is 32.5 Å². The fraction of sp³-hybridized carbons (Fsp3) is 0.238. The Bertz CT molecular complexity index is 1220. The van der Waals surface area contributed by atoms with Crippen molar-refractivity contribution in [1.29, 1.82) is 0 Å². The lowest BCUT2D eigenvalue weighted by molar-refractivity contribution is -0.137. The summed E-state index contributed by atoms with van der Waals surface area (Å²) in [6, 6.07) is 14.1. The molecule has 0 aliphatic carbocycles. The fourth-order valence-electron chi connectivity index (χ4n) is 3.48. The van der Waals surface area contributed by atoms with Gasteiger partial charge in [-0.15, -0.1) is 0 Å². The predicted octanol–water partition coefficient (Wildman–Crippen LogP) is 4.67. The number of aromatic nitrogens is 3. The molecule has 2 aromatic carbocycles. The van der Waals surface area contributed by atoms with E-state index in [2.05, 4.69) is 4.98 Å². The molecule has 0 radical (unpaired) electrons. The minimum atomic E-state index is -4.40. The van der Waals surface area contributed by atoms with Gasteiger partial charge in [0.25, 0.3) is 5.56 Å². The van der Waals surface area contributed by atoms with Gasteiger partial charge in [-0.1, -0.05) is 37.6 Å². The SMILES string of the molecule is CCCc1cc(=O)n2c3ccccc3n(Cc3cccc(C(F)(F)F)c3)c2n1. The molecule has 4 aromatic rings. The summed E-state index contributed by atoms with van der Waals surface area (Å²) in [6.45, 7) is 2.19. The predicted molar refractivity (Wildman–Crippen MR) is 101 cm³/mol. The van der Waals surface area contributed by atoms with Crippen molar-refractivity contribution in [1.82, 2.24) is 14.0 Å². The number of halogens is 3. The Morgan fingerprint density at radius 3 is 2.46 bits per heavy atom. The molecule has 0 aliphatic heterocycles. The first-order valence-electron chi connectivity index (χ1n) is 9.04. The van der Waals surface area contributed by atoms with Crippen LogP contribution in [0.3, 0.4) is 0 Å². The van der Waals surface area contributed by atoms with Crippen molar-refractivity contribution in [3.63, 3.8) is 0 Å². The van der Waals surface area contributed by atoms with Gasteiger partial charge < -0.3 is 4.57 Å². The summed E-state index contributed by atoms with van der Waals surface area (Å²) in [7, 11) is 0. The molecule has 0 saturated heterocycles. The van der Waals surface area contributed by atoms with Gasteiger partial charge in [0.15, 0.2) is 0 Å². The molecule has 0 spiro atoms. The quantitative estimate of drug-likeness (QED) is 0.512. The molecule has 0 atom stereocenters. The summed E-state index contributed by atoms with van der Waals surface area (Å²) in [5.74, 6) is 0.439. The number of imidazole rings is 1. The molecule has 0 fully saturated rings. The van der Waals surface area contributed by atoms with Crippen LogP contribution in [0, 0.1) is 0 Å². The highest BCUT2D eigenvalue weighted by molar-refractivity contribution is 5.80. The lowest BCUT2D eigenvalue weighted by Crippen LogP contribution is -2.16. The minimum absolute atomic E-state index is 0.183. The molecule has 2 heterocycles. The summed E-state index contributed by atoms with van der Waals surface area (Å²) in [6.07, 6.45) is -2.90. The third-order valence-electron chi connectivity index (χ3n) is 4.71. The summed E-state index contributed by atoms with van der Waals surface area (Å²) >= 11 is 0. The lowest BCUT2D eigenvalue weighted by atomic mass is 10.1. The number of fused-ring (bicyclic) bond motifs is 3. The molecule has 0 aliphatic rings. The maximum Gasteiger partial charge on any atom is 0.416 e. The Morgan fingerprint density at radius 1 is 1.00 bits per heavy atom. The van der Waals surface area contributed by atoms with Crippen LogP contribution in [0.25, 0.3) is 16.8 Å². The zero-order valence-electron chi connectivity index (χ0n) is 15.2. The van der Waals surface area contributed by atoms with Crippen molar-refractivity contribution in [3.8, 4) is 0 Å². The van der Waals surface area contributed by atoms with Crippen molar-refractivity contribution in [2.24, 2.45) is 0 Å². The van der Waals surface area contributed by atoms with Crippen molar-refractivity contribution in [3.05, 3.63) is 81.8 Å². The van der Waals surface area contributed by atoms with Gasteiger partial charge in [-0.3, -0.25) is 4.79 Å². The van der Waals surface area contributed by atoms with Gasteiger partial charge in [-0.25, -0.2) is 9.38 Å². The van der Waals surface area contributed by atoms with E-state index in [1.165, 1.54) is 16.5 Å². The highest BCUT2D eigenvalue weighted by Gasteiger charge is 2.30. The fourth-order valence-corrected chi connectivity index (χ4v) is 3.48. The van der Waals surface area contributed by atoms with E-state index >= 15 is 0 Å². The second-order valence-corrected chi connectivity index (χ2v) is 6.74. The molecule has 0 bridgehead atoms. The highest BCUT2D eigenvalue weighted by Crippen LogP contribution is 2.30. The number of para-hydroxylation sites is 2. The monoisotopic (exact) mass is 385 g/mol. The number of hydrogen-bond acceptors (Lipinski definition) is 2. The third kappa shape index (κ3) is 3.17. The molecule has 4 rings (SSSR count). The Morgan fingerprint density at radius 2 is 1.75 bits per heavy atom. The summed E-state index contributed by atoms with van der Waals surface area (Å²) in [4.78, 5) is 17.3. The zero-order chi connectivity index (χ0) is 19.9. The van der Waals surface area contributed by atoms with E-state index in [0.717, 1.165) is 24.1 Å². The van der Waals surface area contributed by atoms with E-state index in [-0.39, 0.29) is 12.1 Å². The number of aryl methyl sites for hydroxylation is 1. The summed E-state index contributed by atoms with van der Waals surface area (Å²) in [5, 5.41) is 0. The number of nitrogens with zero attached hydrogens (tertiary/aromatic N) is 3. The maximum absolute atomic E-state index is 13.1. The topological polar surface area (TPSA) is 39.3 Å².